The van der Waals surface area contributed by atoms with Crippen molar-refractivity contribution in [2.24, 2.45) is 4.99 Å². The molecule has 21 heavy (non-hydrogen) atoms. The fraction of sp³-hybridized carbons (Fsp3) is 0.357. The van der Waals surface area contributed by atoms with Crippen molar-refractivity contribution in [2.75, 3.05) is 37.4 Å². The molecule has 0 aliphatic carbocycles. The van der Waals surface area contributed by atoms with Crippen LogP contribution in [0.2, 0.25) is 0 Å². The molecule has 0 unspecified atom stereocenters. The highest BCUT2D eigenvalue weighted by atomic mass is 32.2. The van der Waals surface area contributed by atoms with Crippen LogP contribution in [0.25, 0.3) is 0 Å². The molecule has 0 fully saturated rings. The second kappa shape index (κ2) is 5.77. The van der Waals surface area contributed by atoms with Crippen LogP contribution in [0.4, 0.5) is 5.69 Å². The van der Waals surface area contributed by atoms with Crippen molar-refractivity contribution in [3.05, 3.63) is 23.8 Å². The molecule has 7 heteroatoms. The van der Waals surface area contributed by atoms with Crippen LogP contribution in [-0.4, -0.2) is 49.4 Å². The third-order valence-electron chi connectivity index (χ3n) is 3.31. The van der Waals surface area contributed by atoms with E-state index in [9.17, 15) is 9.59 Å². The number of nitrogens with one attached hydrogen (secondary N) is 1. The summed E-state index contributed by atoms with van der Waals surface area (Å²) in [5.74, 6) is 1.16. The summed E-state index contributed by atoms with van der Waals surface area (Å²) in [7, 11) is 1.55. The third-order valence-corrected chi connectivity index (χ3v) is 4.34. The molecule has 1 aromatic carbocycles. The normalized spacial score (nSPS) is 17.1. The zero-order valence-electron chi connectivity index (χ0n) is 11.6. The first-order valence-electron chi connectivity index (χ1n) is 6.64. The highest BCUT2D eigenvalue weighted by Gasteiger charge is 2.28. The molecule has 2 heterocycles. The quantitative estimate of drug-likeness (QED) is 0.890. The molecule has 0 radical (unpaired) electrons. The molecule has 110 valence electrons. The van der Waals surface area contributed by atoms with Crippen LogP contribution < -0.4 is 15.0 Å². The van der Waals surface area contributed by atoms with Gasteiger partial charge >= 0.3 is 0 Å². The zero-order chi connectivity index (χ0) is 14.8. The number of fused-ring (bicyclic) bond motifs is 1. The molecular weight excluding hydrogens is 290 g/mol. The topological polar surface area (TPSA) is 71.0 Å². The van der Waals surface area contributed by atoms with E-state index in [0.717, 1.165) is 22.9 Å². The van der Waals surface area contributed by atoms with Gasteiger partial charge in [0.2, 0.25) is 5.91 Å². The van der Waals surface area contributed by atoms with Crippen molar-refractivity contribution < 1.29 is 14.3 Å². The second-order valence-electron chi connectivity index (χ2n) is 4.66. The van der Waals surface area contributed by atoms with Gasteiger partial charge < -0.3 is 10.1 Å². The number of anilines is 1. The number of aliphatic imine (C=N–C) groups is 1. The lowest BCUT2D eigenvalue weighted by atomic mass is 10.1. The molecule has 0 saturated heterocycles. The van der Waals surface area contributed by atoms with E-state index in [1.54, 1.807) is 18.8 Å². The molecule has 3 rings (SSSR count). The van der Waals surface area contributed by atoms with E-state index >= 15 is 0 Å². The van der Waals surface area contributed by atoms with Crippen LogP contribution >= 0.6 is 11.8 Å². The molecule has 2 amide bonds. The Balaban J connectivity index is 1.96. The van der Waals surface area contributed by atoms with Crippen LogP contribution in [0.1, 0.15) is 5.56 Å². The minimum Gasteiger partial charge on any atom is -0.482 e. The number of hydrogen-bond donors (Lipinski definition) is 1. The predicted molar refractivity (Wildman–Crippen MR) is 82.2 cm³/mol. The molecule has 0 saturated carbocycles. The number of benzene rings is 1. The van der Waals surface area contributed by atoms with Gasteiger partial charge in [0, 0.05) is 24.9 Å². The second-order valence-corrected chi connectivity index (χ2v) is 5.74. The Morgan fingerprint density at radius 2 is 2.38 bits per heavy atom. The number of thioether (sulfide) groups is 1. The maximum absolute atomic E-state index is 12.0. The van der Waals surface area contributed by atoms with E-state index in [4.69, 9.17) is 4.74 Å². The summed E-state index contributed by atoms with van der Waals surface area (Å²) >= 11 is 1.69. The average molecular weight is 305 g/mol. The molecule has 2 aliphatic rings. The third kappa shape index (κ3) is 2.73. The number of ether oxygens (including phenoxy) is 1. The first kappa shape index (κ1) is 13.9. The van der Waals surface area contributed by atoms with Gasteiger partial charge in [-0.3, -0.25) is 19.5 Å². The maximum Gasteiger partial charge on any atom is 0.265 e. The average Bonchev–Trinajstić information content (AvgIpc) is 3.04. The Morgan fingerprint density at radius 3 is 3.10 bits per heavy atom. The number of likely N-dealkylation sites (N-methyl/N-ethyl adjacent to an activating group) is 1. The Bertz CT molecular complexity index is 630. The fourth-order valence-electron chi connectivity index (χ4n) is 2.24. The first-order valence-corrected chi connectivity index (χ1v) is 7.63. The fourth-order valence-corrected chi connectivity index (χ4v) is 3.09. The van der Waals surface area contributed by atoms with E-state index in [1.807, 2.05) is 18.2 Å². The molecule has 6 nitrogen and oxygen atoms in total. The van der Waals surface area contributed by atoms with Crippen LogP contribution in [0.15, 0.2) is 23.2 Å². The van der Waals surface area contributed by atoms with Crippen LogP contribution in [-0.2, 0) is 9.59 Å². The van der Waals surface area contributed by atoms with Gasteiger partial charge in [-0.25, -0.2) is 0 Å². The summed E-state index contributed by atoms with van der Waals surface area (Å²) in [5, 5.41) is 3.50. The zero-order valence-corrected chi connectivity index (χ0v) is 12.4. The van der Waals surface area contributed by atoms with Gasteiger partial charge in [-0.05, 0) is 18.2 Å². The predicted octanol–water partition coefficient (Wildman–Crippen LogP) is 0.651. The highest BCUT2D eigenvalue weighted by Crippen LogP contribution is 2.34. The Morgan fingerprint density at radius 1 is 1.52 bits per heavy atom. The summed E-state index contributed by atoms with van der Waals surface area (Å²) in [6.07, 6.45) is 0. The summed E-state index contributed by atoms with van der Waals surface area (Å²) in [6, 6.07) is 5.63. The van der Waals surface area contributed by atoms with Crippen LogP contribution in [0.5, 0.6) is 5.75 Å². The number of carbonyl (C=O) groups excluding carboxylic acids is 2. The lowest BCUT2D eigenvalue weighted by Gasteiger charge is -2.29. The van der Waals surface area contributed by atoms with E-state index in [1.165, 1.54) is 4.90 Å². The van der Waals surface area contributed by atoms with E-state index < -0.39 is 0 Å². The largest absolute Gasteiger partial charge is 0.482 e. The number of carbonyl (C=O) groups is 2. The summed E-state index contributed by atoms with van der Waals surface area (Å²) in [5.41, 5.74) is 1.58. The van der Waals surface area contributed by atoms with Gasteiger partial charge in [-0.1, -0.05) is 0 Å². The van der Waals surface area contributed by atoms with Crippen LogP contribution in [0, 0.1) is 0 Å². The van der Waals surface area contributed by atoms with Gasteiger partial charge in [0.05, 0.1) is 10.7 Å². The molecular formula is C14H15N3O3S. The molecule has 2 aliphatic heterocycles. The van der Waals surface area contributed by atoms with E-state index in [-0.39, 0.29) is 25.0 Å². The van der Waals surface area contributed by atoms with Crippen molar-refractivity contribution in [3.63, 3.8) is 0 Å². The molecule has 1 aromatic rings. The molecule has 0 spiro atoms. The van der Waals surface area contributed by atoms with Crippen molar-refractivity contribution in [1.29, 1.82) is 0 Å². The van der Waals surface area contributed by atoms with Crippen molar-refractivity contribution in [3.8, 4) is 5.75 Å². The highest BCUT2D eigenvalue weighted by molar-refractivity contribution is 8.14. The van der Waals surface area contributed by atoms with Crippen molar-refractivity contribution in [1.82, 2.24) is 5.32 Å². The minimum absolute atomic E-state index is 0.00519. The molecule has 0 aromatic heterocycles. The lowest BCUT2D eigenvalue weighted by Crippen LogP contribution is -2.44. The number of hydrogen-bond acceptors (Lipinski definition) is 5. The molecule has 1 N–H and O–H groups in total. The Hall–Kier alpha value is -2.02. The molecule has 0 bridgehead atoms. The Labute approximate surface area is 126 Å². The van der Waals surface area contributed by atoms with Gasteiger partial charge in [-0.2, -0.15) is 0 Å². The summed E-state index contributed by atoms with van der Waals surface area (Å²) in [4.78, 5) is 29.5. The SMILES string of the molecule is CNC(=O)CN1C(=O)COc2ccc(C3=NCCS3)cc21. The summed E-state index contributed by atoms with van der Waals surface area (Å²) in [6.45, 7) is 0.766. The van der Waals surface area contributed by atoms with E-state index in [2.05, 4.69) is 10.3 Å². The van der Waals surface area contributed by atoms with Crippen molar-refractivity contribution in [2.45, 2.75) is 0 Å². The van der Waals surface area contributed by atoms with Crippen LogP contribution in [0.3, 0.4) is 0 Å². The van der Waals surface area contributed by atoms with Gasteiger partial charge in [0.25, 0.3) is 5.91 Å². The standard InChI is InChI=1S/C14H15N3O3S/c1-15-12(18)7-17-10-6-9(14-16-4-5-21-14)2-3-11(10)20-8-13(17)19/h2-3,6H,4-5,7-8H2,1H3,(H,15,18). The van der Waals surface area contributed by atoms with Gasteiger partial charge in [-0.15, -0.1) is 11.8 Å². The maximum atomic E-state index is 12.0. The lowest BCUT2D eigenvalue weighted by molar-refractivity contribution is -0.125. The first-order chi connectivity index (χ1) is 10.2. The Kier molecular flexibility index (Phi) is 3.83. The van der Waals surface area contributed by atoms with Crippen molar-refractivity contribution >= 4 is 34.3 Å². The minimum atomic E-state index is -0.218. The van der Waals surface area contributed by atoms with Gasteiger partial charge in [0.1, 0.15) is 12.3 Å². The van der Waals surface area contributed by atoms with Gasteiger partial charge in [0.15, 0.2) is 6.61 Å². The summed E-state index contributed by atoms with van der Waals surface area (Å²) < 4.78 is 5.43. The molecule has 0 atom stereocenters. The number of nitrogens with zero attached hydrogens (tertiary/aromatic N) is 2. The number of amides is 2. The monoisotopic (exact) mass is 305 g/mol. The van der Waals surface area contributed by atoms with E-state index in [0.29, 0.717) is 11.4 Å². The number of rotatable bonds is 3. The smallest absolute Gasteiger partial charge is 0.265 e.